The molecule has 1 heterocycles. The van der Waals surface area contributed by atoms with Crippen LogP contribution in [0.4, 0.5) is 5.69 Å². The van der Waals surface area contributed by atoms with Crippen LogP contribution in [-0.2, 0) is 0 Å². The Kier molecular flexibility index (Phi) is 3.21. The van der Waals surface area contributed by atoms with Gasteiger partial charge in [0.1, 0.15) is 6.07 Å². The van der Waals surface area contributed by atoms with Crippen LogP contribution in [0.2, 0.25) is 5.02 Å². The summed E-state index contributed by atoms with van der Waals surface area (Å²) in [6.45, 7) is 1.87. The monoisotopic (exact) mass is 248 g/mol. The lowest BCUT2D eigenvalue weighted by Crippen LogP contribution is -2.09. The van der Waals surface area contributed by atoms with Crippen molar-refractivity contribution in [2.75, 3.05) is 5.32 Å². The van der Waals surface area contributed by atoms with Gasteiger partial charge in [-0.1, -0.05) is 16.8 Å². The highest BCUT2D eigenvalue weighted by atomic mass is 35.5. The van der Waals surface area contributed by atoms with E-state index in [0.29, 0.717) is 22.1 Å². The normalized spacial score (nSPS) is 11.8. The third-order valence-corrected chi connectivity index (χ3v) is 2.46. The van der Waals surface area contributed by atoms with Crippen LogP contribution in [0, 0.1) is 11.3 Å². The van der Waals surface area contributed by atoms with Gasteiger partial charge in [0.15, 0.2) is 5.82 Å². The number of halogens is 1. The summed E-state index contributed by atoms with van der Waals surface area (Å²) in [5.74, 6) is 0.522. The lowest BCUT2D eigenvalue weighted by atomic mass is 10.1. The number of H-pyrrole nitrogens is 1. The summed E-state index contributed by atoms with van der Waals surface area (Å²) >= 11 is 5.88. The fourth-order valence-corrected chi connectivity index (χ4v) is 1.56. The zero-order valence-corrected chi connectivity index (χ0v) is 9.73. The van der Waals surface area contributed by atoms with Crippen LogP contribution in [0.3, 0.4) is 0 Å². The topological polar surface area (TPSA) is 90.3 Å². The van der Waals surface area contributed by atoms with Crippen LogP contribution in [0.25, 0.3) is 0 Å². The fourth-order valence-electron chi connectivity index (χ4n) is 1.38. The molecule has 0 fully saturated rings. The van der Waals surface area contributed by atoms with E-state index >= 15 is 0 Å². The Labute approximate surface area is 103 Å². The molecule has 7 heteroatoms. The molecule has 0 aliphatic rings. The maximum absolute atomic E-state index is 8.97. The lowest BCUT2D eigenvalue weighted by Gasteiger charge is -2.12. The Hall–Kier alpha value is -2.13. The van der Waals surface area contributed by atoms with Crippen LogP contribution in [-0.4, -0.2) is 20.6 Å². The van der Waals surface area contributed by atoms with Crippen molar-refractivity contribution in [3.8, 4) is 6.07 Å². The highest BCUT2D eigenvalue weighted by Crippen LogP contribution is 2.23. The molecular weight excluding hydrogens is 240 g/mol. The number of aromatic nitrogens is 4. The average molecular weight is 249 g/mol. The maximum atomic E-state index is 8.97. The molecule has 6 nitrogen and oxygen atoms in total. The van der Waals surface area contributed by atoms with Crippen molar-refractivity contribution < 1.29 is 0 Å². The molecule has 2 rings (SSSR count). The zero-order chi connectivity index (χ0) is 12.3. The number of nitrogens with zero attached hydrogens (tertiary/aromatic N) is 4. The van der Waals surface area contributed by atoms with Crippen molar-refractivity contribution in [2.45, 2.75) is 13.0 Å². The first-order valence-corrected chi connectivity index (χ1v) is 5.28. The van der Waals surface area contributed by atoms with E-state index in [2.05, 4.69) is 32.0 Å². The molecule has 0 spiro atoms. The number of nitrogens with one attached hydrogen (secondary N) is 2. The summed E-state index contributed by atoms with van der Waals surface area (Å²) < 4.78 is 0. The molecule has 0 amide bonds. The van der Waals surface area contributed by atoms with Gasteiger partial charge in [0.25, 0.3) is 0 Å². The number of tetrazole rings is 1. The van der Waals surface area contributed by atoms with Gasteiger partial charge in [0.05, 0.1) is 17.3 Å². The molecule has 1 unspecified atom stereocenters. The number of rotatable bonds is 3. The number of nitriles is 1. The molecule has 17 heavy (non-hydrogen) atoms. The summed E-state index contributed by atoms with van der Waals surface area (Å²) in [7, 11) is 0. The Bertz CT molecular complexity index is 544. The highest BCUT2D eigenvalue weighted by Gasteiger charge is 2.12. The average Bonchev–Trinajstić information content (AvgIpc) is 2.83. The van der Waals surface area contributed by atoms with E-state index in [4.69, 9.17) is 16.9 Å². The first kappa shape index (κ1) is 11.4. The van der Waals surface area contributed by atoms with Crippen LogP contribution in [0.15, 0.2) is 18.2 Å². The Balaban J connectivity index is 2.24. The number of hydrogen-bond donors (Lipinski definition) is 2. The van der Waals surface area contributed by atoms with Crippen molar-refractivity contribution in [3.63, 3.8) is 0 Å². The molecule has 0 bridgehead atoms. The minimum atomic E-state index is -0.167. The second kappa shape index (κ2) is 4.80. The largest absolute Gasteiger partial charge is 0.374 e. The van der Waals surface area contributed by atoms with Gasteiger partial charge in [-0.15, -0.1) is 10.2 Å². The van der Waals surface area contributed by atoms with E-state index in [1.807, 2.05) is 6.92 Å². The van der Waals surface area contributed by atoms with Crippen molar-refractivity contribution >= 4 is 17.3 Å². The standard InChI is InChI=1S/C10H9ClN6/c1-6(10-14-16-17-15-10)13-9-4-8(11)3-2-7(9)5-12/h2-4,6,13H,1H3,(H,14,15,16,17). The second-order valence-corrected chi connectivity index (χ2v) is 3.87. The Morgan fingerprint density at radius 2 is 2.35 bits per heavy atom. The van der Waals surface area contributed by atoms with Crippen LogP contribution in [0.5, 0.6) is 0 Å². The number of anilines is 1. The van der Waals surface area contributed by atoms with E-state index in [1.165, 1.54) is 0 Å². The third kappa shape index (κ3) is 2.52. The van der Waals surface area contributed by atoms with Crippen molar-refractivity contribution in [3.05, 3.63) is 34.6 Å². The predicted octanol–water partition coefficient (Wildman–Crippen LogP) is 1.90. The molecule has 2 N–H and O–H groups in total. The summed E-state index contributed by atoms with van der Waals surface area (Å²) in [4.78, 5) is 0. The van der Waals surface area contributed by atoms with Crippen LogP contribution >= 0.6 is 11.6 Å². The van der Waals surface area contributed by atoms with Crippen LogP contribution in [0.1, 0.15) is 24.4 Å². The van der Waals surface area contributed by atoms with Gasteiger partial charge in [0.2, 0.25) is 0 Å². The van der Waals surface area contributed by atoms with Crippen molar-refractivity contribution in [1.29, 1.82) is 5.26 Å². The number of hydrogen-bond acceptors (Lipinski definition) is 5. The first-order chi connectivity index (χ1) is 8.20. The molecule has 1 aromatic heterocycles. The van der Waals surface area contributed by atoms with Gasteiger partial charge in [-0.25, -0.2) is 0 Å². The summed E-state index contributed by atoms with van der Waals surface area (Å²) in [6, 6.07) is 6.94. The molecule has 0 aliphatic carbocycles. The zero-order valence-electron chi connectivity index (χ0n) is 8.98. The molecule has 0 saturated heterocycles. The maximum Gasteiger partial charge on any atom is 0.196 e. The van der Waals surface area contributed by atoms with E-state index in [9.17, 15) is 0 Å². The molecule has 86 valence electrons. The molecular formula is C10H9ClN6. The first-order valence-electron chi connectivity index (χ1n) is 4.90. The van der Waals surface area contributed by atoms with Gasteiger partial charge < -0.3 is 5.32 Å². The highest BCUT2D eigenvalue weighted by molar-refractivity contribution is 6.30. The lowest BCUT2D eigenvalue weighted by molar-refractivity contribution is 0.793. The molecule has 2 aromatic rings. The molecule has 1 aromatic carbocycles. The van der Waals surface area contributed by atoms with Gasteiger partial charge >= 0.3 is 0 Å². The van der Waals surface area contributed by atoms with E-state index < -0.39 is 0 Å². The predicted molar refractivity (Wildman–Crippen MR) is 62.4 cm³/mol. The minimum absolute atomic E-state index is 0.167. The number of benzene rings is 1. The summed E-state index contributed by atoms with van der Waals surface area (Å²) in [5, 5.41) is 26.2. The van der Waals surface area contributed by atoms with Crippen LogP contribution < -0.4 is 5.32 Å². The minimum Gasteiger partial charge on any atom is -0.374 e. The van der Waals surface area contributed by atoms with Gasteiger partial charge in [-0.3, -0.25) is 0 Å². The molecule has 0 radical (unpaired) electrons. The van der Waals surface area contributed by atoms with Crippen molar-refractivity contribution in [2.24, 2.45) is 0 Å². The van der Waals surface area contributed by atoms with E-state index in [0.717, 1.165) is 0 Å². The van der Waals surface area contributed by atoms with E-state index in [1.54, 1.807) is 18.2 Å². The summed E-state index contributed by atoms with van der Waals surface area (Å²) in [6.07, 6.45) is 0. The Morgan fingerprint density at radius 1 is 1.53 bits per heavy atom. The molecule has 0 saturated carbocycles. The molecule has 1 atom stereocenters. The van der Waals surface area contributed by atoms with Gasteiger partial charge in [-0.05, 0) is 25.1 Å². The number of aromatic amines is 1. The van der Waals surface area contributed by atoms with E-state index in [-0.39, 0.29) is 6.04 Å². The molecule has 0 aliphatic heterocycles. The quantitative estimate of drug-likeness (QED) is 0.866. The van der Waals surface area contributed by atoms with Gasteiger partial charge in [0, 0.05) is 5.02 Å². The second-order valence-electron chi connectivity index (χ2n) is 3.44. The third-order valence-electron chi connectivity index (χ3n) is 2.22. The fraction of sp³-hybridized carbons (Fsp3) is 0.200. The summed E-state index contributed by atoms with van der Waals surface area (Å²) in [5.41, 5.74) is 1.17. The van der Waals surface area contributed by atoms with Gasteiger partial charge in [-0.2, -0.15) is 10.5 Å². The van der Waals surface area contributed by atoms with Crippen molar-refractivity contribution in [1.82, 2.24) is 20.6 Å². The Morgan fingerprint density at radius 3 is 3.00 bits per heavy atom. The SMILES string of the molecule is CC(Nc1cc(Cl)ccc1C#N)c1nn[nH]n1. The smallest absolute Gasteiger partial charge is 0.196 e.